The van der Waals surface area contributed by atoms with Crippen molar-refractivity contribution in [2.45, 2.75) is 38.8 Å². The highest BCUT2D eigenvalue weighted by Crippen LogP contribution is 2.39. The molecule has 1 fully saturated rings. The molecule has 1 aliphatic rings. The molecule has 0 spiro atoms. The number of hydrogen-bond acceptors (Lipinski definition) is 4. The van der Waals surface area contributed by atoms with Crippen molar-refractivity contribution in [1.82, 2.24) is 4.90 Å². The van der Waals surface area contributed by atoms with Gasteiger partial charge in [0, 0.05) is 12.1 Å². The quantitative estimate of drug-likeness (QED) is 0.473. The van der Waals surface area contributed by atoms with E-state index in [4.69, 9.17) is 0 Å². The summed E-state index contributed by atoms with van der Waals surface area (Å²) < 4.78 is 0. The number of carbonyl (C=O) groups excluding carboxylic acids is 2. The molecule has 0 aromatic heterocycles. The van der Waals surface area contributed by atoms with Gasteiger partial charge in [0.2, 0.25) is 0 Å². The first kappa shape index (κ1) is 19.8. The molecule has 2 aromatic carbocycles. The van der Waals surface area contributed by atoms with E-state index in [1.54, 1.807) is 31.2 Å². The molecule has 1 amide bonds. The first-order valence-corrected chi connectivity index (χ1v) is 9.43. The van der Waals surface area contributed by atoms with Crippen LogP contribution in [0.2, 0.25) is 0 Å². The standard InChI is InChI=1S/C23H25NO4/c1-14(2)16-9-11-17(12-10-16)20-19(21(26)18-7-5-4-6-8-18)22(27)23(28)24(20)13-15(3)25/h4-12,14-15,20,25-26H,13H2,1-3H3/t15-,20-/m0/s1. The van der Waals surface area contributed by atoms with Crippen LogP contribution in [0.3, 0.4) is 0 Å². The van der Waals surface area contributed by atoms with Gasteiger partial charge in [0.25, 0.3) is 11.7 Å². The predicted molar refractivity (Wildman–Crippen MR) is 108 cm³/mol. The summed E-state index contributed by atoms with van der Waals surface area (Å²) in [6.45, 7) is 5.75. The predicted octanol–water partition coefficient (Wildman–Crippen LogP) is 3.61. The summed E-state index contributed by atoms with van der Waals surface area (Å²) in [5.41, 5.74) is 2.39. The second-order valence-corrected chi connectivity index (χ2v) is 7.49. The normalized spacial score (nSPS) is 20.0. The monoisotopic (exact) mass is 379 g/mol. The summed E-state index contributed by atoms with van der Waals surface area (Å²) in [7, 11) is 0. The van der Waals surface area contributed by atoms with Crippen LogP contribution >= 0.6 is 0 Å². The van der Waals surface area contributed by atoms with Gasteiger partial charge >= 0.3 is 0 Å². The smallest absolute Gasteiger partial charge is 0.295 e. The van der Waals surface area contributed by atoms with E-state index in [2.05, 4.69) is 13.8 Å². The maximum Gasteiger partial charge on any atom is 0.295 e. The van der Waals surface area contributed by atoms with Crippen molar-refractivity contribution in [3.63, 3.8) is 0 Å². The zero-order valence-electron chi connectivity index (χ0n) is 16.3. The van der Waals surface area contributed by atoms with E-state index in [1.807, 2.05) is 30.3 Å². The van der Waals surface area contributed by atoms with Crippen LogP contribution in [-0.4, -0.2) is 39.5 Å². The summed E-state index contributed by atoms with van der Waals surface area (Å²) in [6.07, 6.45) is -0.799. The highest BCUT2D eigenvalue weighted by atomic mass is 16.3. The van der Waals surface area contributed by atoms with Crippen LogP contribution in [0.1, 0.15) is 49.4 Å². The molecule has 1 aliphatic heterocycles. The molecule has 1 saturated heterocycles. The second-order valence-electron chi connectivity index (χ2n) is 7.49. The maximum absolute atomic E-state index is 12.8. The number of benzene rings is 2. The lowest BCUT2D eigenvalue weighted by atomic mass is 9.93. The molecular weight excluding hydrogens is 354 g/mol. The van der Waals surface area contributed by atoms with Crippen molar-refractivity contribution in [3.8, 4) is 0 Å². The van der Waals surface area contributed by atoms with Gasteiger partial charge in [0.05, 0.1) is 17.7 Å². The number of rotatable bonds is 5. The van der Waals surface area contributed by atoms with Crippen LogP contribution in [0.5, 0.6) is 0 Å². The number of aliphatic hydroxyl groups excluding tert-OH is 2. The van der Waals surface area contributed by atoms with Crippen molar-refractivity contribution in [2.75, 3.05) is 6.54 Å². The molecule has 2 N–H and O–H groups in total. The SMILES string of the molecule is CC(C)c1ccc([C@H]2C(=C(O)c3ccccc3)C(=O)C(=O)N2C[C@H](C)O)cc1. The van der Waals surface area contributed by atoms with Gasteiger partial charge in [-0.15, -0.1) is 0 Å². The van der Waals surface area contributed by atoms with Crippen molar-refractivity contribution >= 4 is 17.4 Å². The number of ketones is 1. The van der Waals surface area contributed by atoms with Gasteiger partial charge in [-0.05, 0) is 24.0 Å². The second kappa shape index (κ2) is 7.98. The highest BCUT2D eigenvalue weighted by molar-refractivity contribution is 6.46. The molecule has 3 rings (SSSR count). The van der Waals surface area contributed by atoms with Gasteiger partial charge in [-0.1, -0.05) is 68.4 Å². The summed E-state index contributed by atoms with van der Waals surface area (Å²) in [6, 6.07) is 15.6. The van der Waals surface area contributed by atoms with Crippen LogP contribution in [0, 0.1) is 0 Å². The molecular formula is C23H25NO4. The summed E-state index contributed by atoms with van der Waals surface area (Å²) in [5.74, 6) is -1.30. The first-order chi connectivity index (χ1) is 13.3. The highest BCUT2D eigenvalue weighted by Gasteiger charge is 2.46. The van der Waals surface area contributed by atoms with E-state index in [1.165, 1.54) is 4.90 Å². The average Bonchev–Trinajstić information content (AvgIpc) is 2.92. The van der Waals surface area contributed by atoms with E-state index in [9.17, 15) is 19.8 Å². The lowest BCUT2D eigenvalue weighted by Gasteiger charge is -2.26. The Morgan fingerprint density at radius 3 is 2.14 bits per heavy atom. The lowest BCUT2D eigenvalue weighted by Crippen LogP contribution is -2.35. The van der Waals surface area contributed by atoms with Crippen LogP contribution in [0.4, 0.5) is 0 Å². The molecule has 0 unspecified atom stereocenters. The number of β-amino-alcohol motifs (C(OH)–C–C–N with tert-alkyl or cyclic N) is 1. The van der Waals surface area contributed by atoms with E-state index in [-0.39, 0.29) is 17.9 Å². The first-order valence-electron chi connectivity index (χ1n) is 9.43. The third-order valence-corrected chi connectivity index (χ3v) is 4.97. The fourth-order valence-electron chi connectivity index (χ4n) is 3.51. The van der Waals surface area contributed by atoms with Crippen LogP contribution in [-0.2, 0) is 9.59 Å². The number of likely N-dealkylation sites (tertiary alicyclic amines) is 1. The minimum Gasteiger partial charge on any atom is -0.507 e. The number of nitrogens with zero attached hydrogens (tertiary/aromatic N) is 1. The molecule has 5 nitrogen and oxygen atoms in total. The molecule has 0 bridgehead atoms. The van der Waals surface area contributed by atoms with Crippen molar-refractivity contribution in [3.05, 3.63) is 76.9 Å². The van der Waals surface area contributed by atoms with Gasteiger partial charge in [-0.3, -0.25) is 9.59 Å². The van der Waals surface area contributed by atoms with Crippen LogP contribution in [0.15, 0.2) is 60.2 Å². The zero-order valence-corrected chi connectivity index (χ0v) is 16.3. The van der Waals surface area contributed by atoms with E-state index in [0.29, 0.717) is 11.5 Å². The topological polar surface area (TPSA) is 77.8 Å². The summed E-state index contributed by atoms with van der Waals surface area (Å²) >= 11 is 0. The minimum absolute atomic E-state index is 0.00669. The van der Waals surface area contributed by atoms with Crippen molar-refractivity contribution < 1.29 is 19.8 Å². The number of carbonyl (C=O) groups is 2. The molecule has 1 heterocycles. The van der Waals surface area contributed by atoms with Crippen LogP contribution in [0.25, 0.3) is 5.76 Å². The fraction of sp³-hybridized carbons (Fsp3) is 0.304. The summed E-state index contributed by atoms with van der Waals surface area (Å²) in [5, 5.41) is 20.7. The number of aliphatic hydroxyl groups is 2. The van der Waals surface area contributed by atoms with Crippen LogP contribution < -0.4 is 0 Å². The largest absolute Gasteiger partial charge is 0.507 e. The Hall–Kier alpha value is -2.92. The lowest BCUT2D eigenvalue weighted by molar-refractivity contribution is -0.140. The summed E-state index contributed by atoms with van der Waals surface area (Å²) in [4.78, 5) is 26.8. The Morgan fingerprint density at radius 2 is 1.61 bits per heavy atom. The average molecular weight is 379 g/mol. The van der Waals surface area contributed by atoms with Gasteiger partial charge in [-0.25, -0.2) is 0 Å². The minimum atomic E-state index is -0.799. The third-order valence-electron chi connectivity index (χ3n) is 4.97. The Labute approximate surface area is 164 Å². The Bertz CT molecular complexity index is 898. The van der Waals surface area contributed by atoms with Crippen molar-refractivity contribution in [1.29, 1.82) is 0 Å². The Balaban J connectivity index is 2.15. The zero-order chi connectivity index (χ0) is 20.4. The fourth-order valence-corrected chi connectivity index (χ4v) is 3.51. The molecule has 2 aromatic rings. The number of hydrogen-bond donors (Lipinski definition) is 2. The Kier molecular flexibility index (Phi) is 5.66. The Morgan fingerprint density at radius 1 is 1.00 bits per heavy atom. The number of amides is 1. The van der Waals surface area contributed by atoms with Gasteiger partial charge in [-0.2, -0.15) is 0 Å². The molecule has 28 heavy (non-hydrogen) atoms. The van der Waals surface area contributed by atoms with Crippen molar-refractivity contribution in [2.24, 2.45) is 0 Å². The number of Topliss-reactive ketones (excluding diaryl/α,β-unsaturated/α-hetero) is 1. The van der Waals surface area contributed by atoms with Gasteiger partial charge in [0.1, 0.15) is 5.76 Å². The third kappa shape index (κ3) is 3.71. The molecule has 5 heteroatoms. The molecule has 146 valence electrons. The van der Waals surface area contributed by atoms with Gasteiger partial charge in [0.15, 0.2) is 0 Å². The van der Waals surface area contributed by atoms with E-state index in [0.717, 1.165) is 11.1 Å². The molecule has 0 radical (unpaired) electrons. The molecule has 2 atom stereocenters. The van der Waals surface area contributed by atoms with E-state index < -0.39 is 23.8 Å². The molecule has 0 aliphatic carbocycles. The van der Waals surface area contributed by atoms with Gasteiger partial charge < -0.3 is 15.1 Å². The van der Waals surface area contributed by atoms with E-state index >= 15 is 0 Å². The molecule has 0 saturated carbocycles. The maximum atomic E-state index is 12.8.